The zero-order valence-corrected chi connectivity index (χ0v) is 46.9. The largest absolute Gasteiger partial charge is 0.394 e. The van der Waals surface area contributed by atoms with Crippen molar-refractivity contribution in [1.29, 1.82) is 0 Å². The maximum absolute atomic E-state index is 13.2. The van der Waals surface area contributed by atoms with E-state index in [1.807, 2.05) is 0 Å². The molecule has 1 amide bonds. The summed E-state index contributed by atoms with van der Waals surface area (Å²) in [5.74, 6) is -0.716. The van der Waals surface area contributed by atoms with Crippen molar-refractivity contribution in [2.24, 2.45) is 0 Å². The van der Waals surface area contributed by atoms with Crippen LogP contribution in [0.2, 0.25) is 0 Å². The summed E-state index contributed by atoms with van der Waals surface area (Å²) in [5, 5.41) is 76.2. The van der Waals surface area contributed by atoms with Crippen LogP contribution >= 0.6 is 0 Å². The van der Waals surface area contributed by atoms with Crippen LogP contribution in [0.1, 0.15) is 271 Å². The Hall–Kier alpha value is -1.93. The van der Waals surface area contributed by atoms with Crippen molar-refractivity contribution in [3.8, 4) is 0 Å². The van der Waals surface area contributed by atoms with Gasteiger partial charge in [0.1, 0.15) is 36.6 Å². The maximum atomic E-state index is 13.2. The van der Waals surface area contributed by atoms with Gasteiger partial charge in [0.15, 0.2) is 6.29 Å². The summed E-state index contributed by atoms with van der Waals surface area (Å²) < 4.78 is 11.1. The lowest BCUT2D eigenvalue weighted by atomic mass is 9.98. The molecule has 0 aromatic carbocycles. The number of aliphatic hydroxyl groups excluding tert-OH is 7. The summed E-state index contributed by atoms with van der Waals surface area (Å²) >= 11 is 0. The van der Waals surface area contributed by atoms with Gasteiger partial charge in [-0.2, -0.15) is 0 Å². The van der Waals surface area contributed by atoms with Crippen LogP contribution in [0.3, 0.4) is 0 Å². The molecule has 8 N–H and O–H groups in total. The molecule has 0 bridgehead atoms. The molecular weight excluding hydrogens is 919 g/mol. The van der Waals surface area contributed by atoms with Crippen molar-refractivity contribution in [1.82, 2.24) is 5.32 Å². The summed E-state index contributed by atoms with van der Waals surface area (Å²) in [6.45, 7) is 3.46. The van der Waals surface area contributed by atoms with Gasteiger partial charge in [0.05, 0.1) is 25.4 Å². The van der Waals surface area contributed by atoms with Crippen LogP contribution in [0.25, 0.3) is 0 Å². The van der Waals surface area contributed by atoms with Crippen molar-refractivity contribution in [2.45, 2.75) is 326 Å². The maximum Gasteiger partial charge on any atom is 0.249 e. The third-order valence-corrected chi connectivity index (χ3v) is 14.6. The van der Waals surface area contributed by atoms with Crippen molar-refractivity contribution >= 4 is 5.91 Å². The number of rotatable bonds is 52. The molecule has 0 aromatic rings. The summed E-state index contributed by atoms with van der Waals surface area (Å²) in [6.07, 6.45) is 53.1. The van der Waals surface area contributed by atoms with E-state index < -0.39 is 74.2 Å². The predicted molar refractivity (Wildman–Crippen MR) is 302 cm³/mol. The molecule has 1 aliphatic heterocycles. The van der Waals surface area contributed by atoms with Gasteiger partial charge in [-0.05, 0) is 89.9 Å². The van der Waals surface area contributed by atoms with Crippen LogP contribution in [0, 0.1) is 0 Å². The molecule has 11 heteroatoms. The Morgan fingerprint density at radius 1 is 0.466 bits per heavy atom. The molecule has 9 atom stereocenters. The lowest BCUT2D eigenvalue weighted by molar-refractivity contribution is -0.303. The Balaban J connectivity index is 2.34. The number of carbonyl (C=O) groups excluding carboxylic acids is 1. The predicted octanol–water partition coefficient (Wildman–Crippen LogP) is 13.2. The van der Waals surface area contributed by atoms with Crippen LogP contribution < -0.4 is 5.32 Å². The van der Waals surface area contributed by atoms with Gasteiger partial charge in [-0.15, -0.1) is 0 Å². The zero-order valence-electron chi connectivity index (χ0n) is 46.9. The fourth-order valence-electron chi connectivity index (χ4n) is 9.59. The van der Waals surface area contributed by atoms with Crippen molar-refractivity contribution in [2.75, 3.05) is 13.2 Å². The third-order valence-electron chi connectivity index (χ3n) is 14.6. The number of amides is 1. The number of ether oxygens (including phenoxy) is 2. The van der Waals surface area contributed by atoms with Gasteiger partial charge in [0.2, 0.25) is 5.91 Å². The number of allylic oxidation sites excluding steroid dienone is 8. The summed E-state index contributed by atoms with van der Waals surface area (Å²) in [5.41, 5.74) is 0. The van der Waals surface area contributed by atoms with Gasteiger partial charge in [0.25, 0.3) is 0 Å². The topological polar surface area (TPSA) is 189 Å². The van der Waals surface area contributed by atoms with Gasteiger partial charge >= 0.3 is 0 Å². The first-order valence-corrected chi connectivity index (χ1v) is 30.5. The molecule has 1 aliphatic rings. The summed E-state index contributed by atoms with van der Waals surface area (Å²) in [7, 11) is 0. The standard InChI is InChI=1S/C62H115NO10/c1-3-5-7-9-11-13-15-17-19-21-23-25-26-27-28-30-31-33-35-37-39-41-43-45-47-49-54(65)57(67)53(52-72-62-60(70)59(69)58(68)56(51-64)73-62)63-61(71)55(66)50-48-46-44-42-40-38-36-34-32-29-24-22-20-18-16-14-12-10-8-6-4-2/h27-28,32-35,41,43,53-60,62,64-70H,3-26,29-31,36-40,42,44-52H2,1-2H3,(H,63,71)/b28-27+,34-32-,35-33+,43-41+. The number of hydrogen-bond acceptors (Lipinski definition) is 10. The molecule has 0 saturated carbocycles. The van der Waals surface area contributed by atoms with Crippen molar-refractivity contribution in [3.63, 3.8) is 0 Å². The van der Waals surface area contributed by atoms with E-state index in [1.165, 1.54) is 161 Å². The van der Waals surface area contributed by atoms with Crippen LogP contribution in [0.5, 0.6) is 0 Å². The fourth-order valence-corrected chi connectivity index (χ4v) is 9.59. The number of aliphatic hydroxyl groups is 7. The van der Waals surface area contributed by atoms with E-state index >= 15 is 0 Å². The lowest BCUT2D eigenvalue weighted by Gasteiger charge is -2.40. The third kappa shape index (κ3) is 39.1. The average Bonchev–Trinajstić information content (AvgIpc) is 3.39. The van der Waals surface area contributed by atoms with Crippen molar-refractivity contribution in [3.05, 3.63) is 48.6 Å². The molecule has 1 fully saturated rings. The fraction of sp³-hybridized carbons (Fsp3) is 0.855. The molecule has 0 aromatic heterocycles. The van der Waals surface area contributed by atoms with Crippen molar-refractivity contribution < 1.29 is 50.0 Å². The lowest BCUT2D eigenvalue weighted by Crippen LogP contribution is -2.60. The molecular formula is C62H115NO10. The van der Waals surface area contributed by atoms with E-state index in [0.29, 0.717) is 19.3 Å². The van der Waals surface area contributed by atoms with Crippen LogP contribution in [0.4, 0.5) is 0 Å². The highest BCUT2D eigenvalue weighted by molar-refractivity contribution is 5.80. The molecule has 73 heavy (non-hydrogen) atoms. The quantitative estimate of drug-likeness (QED) is 0.0215. The number of carbonyl (C=O) groups is 1. The Morgan fingerprint density at radius 2 is 0.822 bits per heavy atom. The molecule has 1 heterocycles. The minimum atomic E-state index is -1.68. The minimum absolute atomic E-state index is 0.239. The zero-order chi connectivity index (χ0) is 53.3. The van der Waals surface area contributed by atoms with Gasteiger partial charge in [0, 0.05) is 0 Å². The first-order chi connectivity index (χ1) is 35.7. The minimum Gasteiger partial charge on any atom is -0.394 e. The highest BCUT2D eigenvalue weighted by Gasteiger charge is 2.44. The normalized spacial score (nSPS) is 20.3. The first-order valence-electron chi connectivity index (χ1n) is 30.5. The second kappa shape index (κ2) is 50.9. The summed E-state index contributed by atoms with van der Waals surface area (Å²) in [6, 6.07) is -1.20. The Bertz CT molecular complexity index is 1320. The molecule has 9 unspecified atom stereocenters. The first kappa shape index (κ1) is 69.1. The molecule has 1 saturated heterocycles. The molecule has 1 rings (SSSR count). The molecule has 11 nitrogen and oxygen atoms in total. The second-order valence-corrected chi connectivity index (χ2v) is 21.4. The average molecular weight is 1030 g/mol. The molecule has 0 spiro atoms. The molecule has 428 valence electrons. The van der Waals surface area contributed by atoms with E-state index in [4.69, 9.17) is 9.47 Å². The SMILES string of the molecule is CCCCCCCCCCCCC/C=C\CCCCCCCCC(O)C(=O)NC(COC1OC(CO)C(O)C(O)C1O)C(O)C(O)CCC/C=C/CC/C=C/CC/C=C/CCCCCCCCCCCCCC. The molecule has 0 aliphatic carbocycles. The monoisotopic (exact) mass is 1030 g/mol. The Morgan fingerprint density at radius 3 is 1.22 bits per heavy atom. The van der Waals surface area contributed by atoms with Crippen LogP contribution in [0.15, 0.2) is 48.6 Å². The van der Waals surface area contributed by atoms with Gasteiger partial charge in [-0.3, -0.25) is 4.79 Å². The number of unbranched alkanes of at least 4 members (excludes halogenated alkanes) is 32. The summed E-state index contributed by atoms with van der Waals surface area (Å²) in [4.78, 5) is 13.2. The van der Waals surface area contributed by atoms with E-state index in [2.05, 4.69) is 67.8 Å². The van der Waals surface area contributed by atoms with Gasteiger partial charge in [-0.25, -0.2) is 0 Å². The van der Waals surface area contributed by atoms with Crippen LogP contribution in [-0.2, 0) is 14.3 Å². The second-order valence-electron chi connectivity index (χ2n) is 21.4. The molecule has 0 radical (unpaired) electrons. The van der Waals surface area contributed by atoms with E-state index in [0.717, 1.165) is 64.2 Å². The van der Waals surface area contributed by atoms with E-state index in [-0.39, 0.29) is 12.8 Å². The highest BCUT2D eigenvalue weighted by Crippen LogP contribution is 2.23. The van der Waals surface area contributed by atoms with Gasteiger partial charge in [-0.1, -0.05) is 229 Å². The smallest absolute Gasteiger partial charge is 0.249 e. The van der Waals surface area contributed by atoms with E-state index in [9.17, 15) is 40.5 Å². The number of nitrogens with one attached hydrogen (secondary N) is 1. The Kier molecular flexibility index (Phi) is 48.1. The number of hydrogen-bond donors (Lipinski definition) is 8. The Labute approximate surface area is 447 Å². The van der Waals surface area contributed by atoms with Crippen LogP contribution in [-0.4, -0.2) is 110 Å². The highest BCUT2D eigenvalue weighted by atomic mass is 16.7. The van der Waals surface area contributed by atoms with Gasteiger partial charge < -0.3 is 50.5 Å². The van der Waals surface area contributed by atoms with E-state index in [1.54, 1.807) is 0 Å².